The number of benzene rings is 2. The summed E-state index contributed by atoms with van der Waals surface area (Å²) < 4.78 is 11.2. The van der Waals surface area contributed by atoms with Gasteiger partial charge in [-0.25, -0.2) is 4.79 Å². The molecule has 5 nitrogen and oxygen atoms in total. The fraction of sp³-hybridized carbons (Fsp3) is 0.125. The average molecular weight is 280 g/mol. The van der Waals surface area contributed by atoms with Gasteiger partial charge < -0.3 is 14.5 Å². The van der Waals surface area contributed by atoms with Crippen molar-refractivity contribution in [1.82, 2.24) is 9.97 Å². The highest BCUT2D eigenvalue weighted by Gasteiger charge is 2.16. The number of ether oxygens (including phenoxy) is 2. The highest BCUT2D eigenvalue weighted by molar-refractivity contribution is 5.94. The molecule has 0 saturated heterocycles. The van der Waals surface area contributed by atoms with Gasteiger partial charge in [0.1, 0.15) is 13.2 Å². The number of aromatic nitrogens is 2. The summed E-state index contributed by atoms with van der Waals surface area (Å²) in [5.74, 6) is 1.33. The van der Waals surface area contributed by atoms with Crippen molar-refractivity contribution in [3.63, 3.8) is 0 Å². The van der Waals surface area contributed by atoms with Crippen LogP contribution < -0.4 is 15.2 Å². The van der Waals surface area contributed by atoms with Crippen molar-refractivity contribution in [2.75, 3.05) is 13.2 Å². The zero-order valence-corrected chi connectivity index (χ0v) is 11.1. The van der Waals surface area contributed by atoms with Gasteiger partial charge in [-0.1, -0.05) is 30.3 Å². The number of nitrogens with one attached hydrogen (secondary N) is 1. The molecule has 0 atom stereocenters. The largest absolute Gasteiger partial charge is 0.486 e. The van der Waals surface area contributed by atoms with Gasteiger partial charge in [0.15, 0.2) is 11.5 Å². The van der Waals surface area contributed by atoms with E-state index >= 15 is 0 Å². The summed E-state index contributed by atoms with van der Waals surface area (Å²) in [4.78, 5) is 18.7. The van der Waals surface area contributed by atoms with Crippen molar-refractivity contribution in [1.29, 1.82) is 0 Å². The number of nitrogens with zero attached hydrogens (tertiary/aromatic N) is 1. The molecule has 0 amide bonds. The second kappa shape index (κ2) is 4.63. The Morgan fingerprint density at radius 3 is 2.48 bits per heavy atom. The lowest BCUT2D eigenvalue weighted by atomic mass is 10.1. The van der Waals surface area contributed by atoms with Crippen LogP contribution in [-0.2, 0) is 0 Å². The van der Waals surface area contributed by atoms with E-state index in [0.717, 1.165) is 10.9 Å². The van der Waals surface area contributed by atoms with Gasteiger partial charge in [0, 0.05) is 17.0 Å². The molecular weight excluding hydrogens is 268 g/mol. The van der Waals surface area contributed by atoms with Crippen LogP contribution in [-0.4, -0.2) is 23.2 Å². The molecule has 3 aromatic rings. The quantitative estimate of drug-likeness (QED) is 0.743. The maximum absolute atomic E-state index is 11.8. The second-order valence-electron chi connectivity index (χ2n) is 4.80. The Morgan fingerprint density at radius 1 is 1.00 bits per heavy atom. The van der Waals surface area contributed by atoms with Gasteiger partial charge in [0.25, 0.3) is 0 Å². The Bertz CT molecular complexity index is 872. The topological polar surface area (TPSA) is 64.2 Å². The maximum atomic E-state index is 11.8. The summed E-state index contributed by atoms with van der Waals surface area (Å²) in [5, 5.41) is 0.838. The van der Waals surface area contributed by atoms with Gasteiger partial charge in [-0.3, -0.25) is 0 Å². The summed E-state index contributed by atoms with van der Waals surface area (Å²) in [5.41, 5.74) is 1.85. The number of hydrogen-bond donors (Lipinski definition) is 1. The smallest absolute Gasteiger partial charge is 0.345 e. The number of fused-ring (bicyclic) bond motifs is 2. The van der Waals surface area contributed by atoms with Gasteiger partial charge >= 0.3 is 5.69 Å². The molecule has 1 aliphatic heterocycles. The Kier molecular flexibility index (Phi) is 2.64. The van der Waals surface area contributed by atoms with Crippen molar-refractivity contribution < 1.29 is 9.47 Å². The Balaban J connectivity index is 2.04. The van der Waals surface area contributed by atoms with E-state index in [1.807, 2.05) is 36.4 Å². The van der Waals surface area contributed by atoms with Gasteiger partial charge in [-0.15, -0.1) is 0 Å². The van der Waals surface area contributed by atoms with Crippen LogP contribution in [0.25, 0.3) is 22.2 Å². The molecule has 0 unspecified atom stereocenters. The molecule has 1 aliphatic rings. The third-order valence-corrected chi connectivity index (χ3v) is 3.44. The standard InChI is InChI=1S/C16H12N2O3/c19-16-17-12-9-14-13(20-6-7-21-14)8-11(12)15(18-16)10-4-2-1-3-5-10/h1-5,8-9H,6-7H2,(H,17,18,19). The van der Waals surface area contributed by atoms with E-state index in [1.165, 1.54) is 0 Å². The van der Waals surface area contributed by atoms with Crippen LogP contribution >= 0.6 is 0 Å². The van der Waals surface area contributed by atoms with E-state index in [1.54, 1.807) is 6.07 Å². The van der Waals surface area contributed by atoms with Gasteiger partial charge in [-0.2, -0.15) is 4.98 Å². The van der Waals surface area contributed by atoms with Crippen molar-refractivity contribution in [2.24, 2.45) is 0 Å². The first kappa shape index (κ1) is 12.0. The van der Waals surface area contributed by atoms with Crippen LogP contribution in [0, 0.1) is 0 Å². The molecule has 0 saturated carbocycles. The molecule has 0 spiro atoms. The fourth-order valence-corrected chi connectivity index (χ4v) is 2.51. The summed E-state index contributed by atoms with van der Waals surface area (Å²) >= 11 is 0. The van der Waals surface area contributed by atoms with Crippen LogP contribution in [0.1, 0.15) is 0 Å². The van der Waals surface area contributed by atoms with E-state index in [4.69, 9.17) is 9.47 Å². The van der Waals surface area contributed by atoms with Gasteiger partial charge in [-0.05, 0) is 6.07 Å². The Morgan fingerprint density at radius 2 is 1.71 bits per heavy atom. The molecule has 5 heteroatoms. The Labute approximate surface area is 120 Å². The zero-order chi connectivity index (χ0) is 14.2. The highest BCUT2D eigenvalue weighted by atomic mass is 16.6. The van der Waals surface area contributed by atoms with Crippen LogP contribution in [0.5, 0.6) is 11.5 Å². The summed E-state index contributed by atoms with van der Waals surface area (Å²) in [6, 6.07) is 13.3. The zero-order valence-electron chi connectivity index (χ0n) is 11.1. The predicted molar refractivity (Wildman–Crippen MR) is 78.8 cm³/mol. The minimum Gasteiger partial charge on any atom is -0.486 e. The monoisotopic (exact) mass is 280 g/mol. The van der Waals surface area contributed by atoms with Crippen LogP contribution in [0.3, 0.4) is 0 Å². The molecule has 1 N–H and O–H groups in total. The molecule has 0 aliphatic carbocycles. The minimum atomic E-state index is -0.377. The second-order valence-corrected chi connectivity index (χ2v) is 4.80. The number of hydrogen-bond acceptors (Lipinski definition) is 4. The number of rotatable bonds is 1. The fourth-order valence-electron chi connectivity index (χ4n) is 2.51. The van der Waals surface area contributed by atoms with E-state index in [2.05, 4.69) is 9.97 Å². The lowest BCUT2D eigenvalue weighted by Gasteiger charge is -2.19. The van der Waals surface area contributed by atoms with E-state index in [0.29, 0.717) is 35.9 Å². The summed E-state index contributed by atoms with van der Waals surface area (Å²) in [7, 11) is 0. The van der Waals surface area contributed by atoms with Crippen LogP contribution in [0.4, 0.5) is 0 Å². The summed E-state index contributed by atoms with van der Waals surface area (Å²) in [6.07, 6.45) is 0. The number of aromatic amines is 1. The molecule has 2 heterocycles. The molecule has 1 aromatic heterocycles. The molecule has 2 aromatic carbocycles. The van der Waals surface area contributed by atoms with Crippen LogP contribution in [0.2, 0.25) is 0 Å². The van der Waals surface area contributed by atoms with Crippen molar-refractivity contribution in [3.8, 4) is 22.8 Å². The third-order valence-electron chi connectivity index (χ3n) is 3.44. The first-order valence-corrected chi connectivity index (χ1v) is 6.70. The SMILES string of the molecule is O=c1nc(-c2ccccc2)c2cc3c(cc2[nH]1)OCCO3. The van der Waals surface area contributed by atoms with Crippen LogP contribution in [0.15, 0.2) is 47.3 Å². The molecule has 0 bridgehead atoms. The third kappa shape index (κ3) is 2.03. The molecular formula is C16H12N2O3. The molecule has 104 valence electrons. The first-order valence-electron chi connectivity index (χ1n) is 6.70. The highest BCUT2D eigenvalue weighted by Crippen LogP contribution is 2.36. The number of H-pyrrole nitrogens is 1. The van der Waals surface area contributed by atoms with E-state index < -0.39 is 0 Å². The minimum absolute atomic E-state index is 0.377. The average Bonchev–Trinajstić information content (AvgIpc) is 2.53. The predicted octanol–water partition coefficient (Wildman–Crippen LogP) is 2.36. The Hall–Kier alpha value is -2.82. The van der Waals surface area contributed by atoms with Crippen molar-refractivity contribution in [2.45, 2.75) is 0 Å². The lowest BCUT2D eigenvalue weighted by Crippen LogP contribution is -2.16. The molecule has 0 radical (unpaired) electrons. The molecule has 21 heavy (non-hydrogen) atoms. The maximum Gasteiger partial charge on any atom is 0.345 e. The van der Waals surface area contributed by atoms with Crippen molar-refractivity contribution >= 4 is 10.9 Å². The van der Waals surface area contributed by atoms with Gasteiger partial charge in [0.2, 0.25) is 0 Å². The van der Waals surface area contributed by atoms with E-state index in [9.17, 15) is 4.79 Å². The normalized spacial score (nSPS) is 13.3. The lowest BCUT2D eigenvalue weighted by molar-refractivity contribution is 0.172. The van der Waals surface area contributed by atoms with Crippen molar-refractivity contribution in [3.05, 3.63) is 52.9 Å². The molecule has 4 rings (SSSR count). The molecule has 0 fully saturated rings. The summed E-state index contributed by atoms with van der Waals surface area (Å²) in [6.45, 7) is 1.04. The van der Waals surface area contributed by atoms with Gasteiger partial charge in [0.05, 0.1) is 11.2 Å². The van der Waals surface area contributed by atoms with E-state index in [-0.39, 0.29) is 5.69 Å². The first-order chi connectivity index (χ1) is 10.3.